The van der Waals surface area contributed by atoms with Crippen LogP contribution in [0.3, 0.4) is 0 Å². The lowest BCUT2D eigenvalue weighted by Crippen LogP contribution is -2.40. The molecule has 1 fully saturated rings. The third-order valence-electron chi connectivity index (χ3n) is 4.86. The number of benzene rings is 1. The molecule has 1 aromatic heterocycles. The van der Waals surface area contributed by atoms with Crippen LogP contribution in [0.2, 0.25) is 0 Å². The van der Waals surface area contributed by atoms with Crippen LogP contribution in [0, 0.1) is 5.92 Å². The number of aryl methyl sites for hydroxylation is 1. The summed E-state index contributed by atoms with van der Waals surface area (Å²) in [6.45, 7) is 4.31. The van der Waals surface area contributed by atoms with Crippen LogP contribution in [0.5, 0.6) is 0 Å². The molecule has 25 heavy (non-hydrogen) atoms. The Labute approximate surface area is 149 Å². The SMILES string of the molecule is Cn1cncc1CNCc1cccc(CN2CCCC(C(N)=O)C2)c1. The highest BCUT2D eigenvalue weighted by Gasteiger charge is 2.23. The molecule has 6 heteroatoms. The van der Waals surface area contributed by atoms with Gasteiger partial charge in [-0.25, -0.2) is 4.98 Å². The summed E-state index contributed by atoms with van der Waals surface area (Å²) in [6, 6.07) is 8.64. The zero-order valence-electron chi connectivity index (χ0n) is 14.8. The van der Waals surface area contributed by atoms with Crippen LogP contribution in [0.15, 0.2) is 36.8 Å². The van der Waals surface area contributed by atoms with Crippen molar-refractivity contribution in [2.75, 3.05) is 13.1 Å². The van der Waals surface area contributed by atoms with Crippen LogP contribution in [0.4, 0.5) is 0 Å². The van der Waals surface area contributed by atoms with Gasteiger partial charge in [-0.2, -0.15) is 0 Å². The molecule has 1 aliphatic rings. The van der Waals surface area contributed by atoms with Crippen molar-refractivity contribution in [2.45, 2.75) is 32.5 Å². The summed E-state index contributed by atoms with van der Waals surface area (Å²) in [4.78, 5) is 17.9. The van der Waals surface area contributed by atoms with Crippen molar-refractivity contribution in [1.29, 1.82) is 0 Å². The highest BCUT2D eigenvalue weighted by atomic mass is 16.1. The molecule has 0 radical (unpaired) electrons. The van der Waals surface area contributed by atoms with Gasteiger partial charge in [-0.05, 0) is 30.5 Å². The number of likely N-dealkylation sites (tertiary alicyclic amines) is 1. The van der Waals surface area contributed by atoms with E-state index in [4.69, 9.17) is 5.73 Å². The first kappa shape index (κ1) is 17.6. The van der Waals surface area contributed by atoms with Crippen LogP contribution in [-0.4, -0.2) is 33.4 Å². The second kappa shape index (κ2) is 8.27. The molecule has 6 nitrogen and oxygen atoms in total. The lowest BCUT2D eigenvalue weighted by Gasteiger charge is -2.31. The maximum Gasteiger partial charge on any atom is 0.221 e. The molecule has 1 unspecified atom stereocenters. The van der Waals surface area contributed by atoms with E-state index in [1.807, 2.05) is 24.1 Å². The first-order valence-electron chi connectivity index (χ1n) is 8.87. The molecule has 134 valence electrons. The number of nitrogens with two attached hydrogens (primary N) is 1. The van der Waals surface area contributed by atoms with E-state index >= 15 is 0 Å². The summed E-state index contributed by atoms with van der Waals surface area (Å²) in [5, 5.41) is 3.46. The fourth-order valence-corrected chi connectivity index (χ4v) is 3.42. The summed E-state index contributed by atoms with van der Waals surface area (Å²) in [7, 11) is 2.00. The topological polar surface area (TPSA) is 76.2 Å². The molecule has 0 spiro atoms. The van der Waals surface area contributed by atoms with E-state index in [1.165, 1.54) is 16.8 Å². The van der Waals surface area contributed by atoms with Gasteiger partial charge in [-0.1, -0.05) is 24.3 Å². The van der Waals surface area contributed by atoms with Crippen molar-refractivity contribution in [3.63, 3.8) is 0 Å². The number of carbonyl (C=O) groups excluding carboxylic acids is 1. The Morgan fingerprint density at radius 1 is 1.36 bits per heavy atom. The molecule has 0 bridgehead atoms. The molecule has 2 heterocycles. The lowest BCUT2D eigenvalue weighted by molar-refractivity contribution is -0.123. The van der Waals surface area contributed by atoms with Crippen molar-refractivity contribution in [1.82, 2.24) is 19.8 Å². The molecule has 1 aromatic carbocycles. The summed E-state index contributed by atoms with van der Waals surface area (Å²) in [5.41, 5.74) is 9.19. The zero-order valence-corrected chi connectivity index (χ0v) is 14.8. The molecule has 1 aliphatic heterocycles. The number of carbonyl (C=O) groups is 1. The Bertz CT molecular complexity index is 711. The van der Waals surface area contributed by atoms with E-state index in [9.17, 15) is 4.79 Å². The van der Waals surface area contributed by atoms with Crippen molar-refractivity contribution < 1.29 is 4.79 Å². The molecule has 3 N–H and O–H groups in total. The van der Waals surface area contributed by atoms with Gasteiger partial charge in [0.25, 0.3) is 0 Å². The molecule has 1 saturated heterocycles. The Balaban J connectivity index is 1.52. The van der Waals surface area contributed by atoms with E-state index in [2.05, 4.69) is 39.5 Å². The van der Waals surface area contributed by atoms with Gasteiger partial charge in [0, 0.05) is 39.4 Å². The number of nitrogens with zero attached hydrogens (tertiary/aromatic N) is 3. The maximum absolute atomic E-state index is 11.4. The Morgan fingerprint density at radius 3 is 2.96 bits per heavy atom. The fourth-order valence-electron chi connectivity index (χ4n) is 3.42. The Kier molecular flexibility index (Phi) is 5.83. The molecular formula is C19H27N5O. The second-order valence-electron chi connectivity index (χ2n) is 6.90. The maximum atomic E-state index is 11.4. The number of piperidine rings is 1. The average molecular weight is 341 g/mol. The molecule has 1 atom stereocenters. The third kappa shape index (κ3) is 4.90. The largest absolute Gasteiger partial charge is 0.369 e. The summed E-state index contributed by atoms with van der Waals surface area (Å²) in [5.74, 6) is -0.171. The predicted octanol–water partition coefficient (Wildman–Crippen LogP) is 1.41. The molecule has 0 aliphatic carbocycles. The fraction of sp³-hybridized carbons (Fsp3) is 0.474. The Hall–Kier alpha value is -2.18. The number of primary amides is 1. The van der Waals surface area contributed by atoms with Gasteiger partial charge in [0.15, 0.2) is 0 Å². The van der Waals surface area contributed by atoms with E-state index < -0.39 is 0 Å². The molecule has 0 saturated carbocycles. The van der Waals surface area contributed by atoms with Crippen LogP contribution >= 0.6 is 0 Å². The van der Waals surface area contributed by atoms with Crippen LogP contribution < -0.4 is 11.1 Å². The normalized spacial score (nSPS) is 18.4. The minimum atomic E-state index is -0.169. The van der Waals surface area contributed by atoms with E-state index in [0.29, 0.717) is 0 Å². The van der Waals surface area contributed by atoms with Crippen LogP contribution in [0.25, 0.3) is 0 Å². The molecule has 2 aromatic rings. The standard InChI is InChI=1S/C19H27N5O/c1-23-14-22-11-18(23)10-21-9-15-4-2-5-16(8-15)12-24-7-3-6-17(13-24)19(20)25/h2,4-5,8,11,14,17,21H,3,6-7,9-10,12-13H2,1H3,(H2,20,25). The number of amides is 1. The van der Waals surface area contributed by atoms with Gasteiger partial charge in [-0.3, -0.25) is 9.69 Å². The van der Waals surface area contributed by atoms with Crippen molar-refractivity contribution in [3.8, 4) is 0 Å². The summed E-state index contributed by atoms with van der Waals surface area (Å²) >= 11 is 0. The van der Waals surface area contributed by atoms with Gasteiger partial charge >= 0.3 is 0 Å². The van der Waals surface area contributed by atoms with E-state index in [-0.39, 0.29) is 11.8 Å². The minimum Gasteiger partial charge on any atom is -0.369 e. The van der Waals surface area contributed by atoms with Gasteiger partial charge < -0.3 is 15.6 Å². The highest BCUT2D eigenvalue weighted by molar-refractivity contribution is 5.76. The first-order valence-corrected chi connectivity index (χ1v) is 8.87. The lowest BCUT2D eigenvalue weighted by atomic mass is 9.97. The minimum absolute atomic E-state index is 0.00232. The zero-order chi connectivity index (χ0) is 17.6. The quantitative estimate of drug-likeness (QED) is 0.798. The molecular weight excluding hydrogens is 314 g/mol. The van der Waals surface area contributed by atoms with Crippen molar-refractivity contribution >= 4 is 5.91 Å². The number of hydrogen-bond acceptors (Lipinski definition) is 4. The third-order valence-corrected chi connectivity index (χ3v) is 4.86. The van der Waals surface area contributed by atoms with Crippen LogP contribution in [-0.2, 0) is 31.5 Å². The van der Waals surface area contributed by atoms with Gasteiger partial charge in [0.05, 0.1) is 17.9 Å². The average Bonchev–Trinajstić information content (AvgIpc) is 3.01. The summed E-state index contributed by atoms with van der Waals surface area (Å²) in [6.07, 6.45) is 5.66. The number of hydrogen-bond donors (Lipinski definition) is 2. The monoisotopic (exact) mass is 341 g/mol. The van der Waals surface area contributed by atoms with Crippen LogP contribution in [0.1, 0.15) is 29.7 Å². The highest BCUT2D eigenvalue weighted by Crippen LogP contribution is 2.18. The van der Waals surface area contributed by atoms with Crippen molar-refractivity contribution in [2.24, 2.45) is 18.7 Å². The number of aromatic nitrogens is 2. The van der Waals surface area contributed by atoms with Crippen molar-refractivity contribution in [3.05, 3.63) is 53.6 Å². The number of imidazole rings is 1. The smallest absolute Gasteiger partial charge is 0.221 e. The number of rotatable bonds is 7. The second-order valence-corrected chi connectivity index (χ2v) is 6.90. The van der Waals surface area contributed by atoms with E-state index in [0.717, 1.165) is 45.6 Å². The van der Waals surface area contributed by atoms with Gasteiger partial charge in [0.2, 0.25) is 5.91 Å². The predicted molar refractivity (Wildman–Crippen MR) is 97.4 cm³/mol. The van der Waals surface area contributed by atoms with Gasteiger partial charge in [-0.15, -0.1) is 0 Å². The number of nitrogens with one attached hydrogen (secondary N) is 1. The molecule has 3 rings (SSSR count). The first-order chi connectivity index (χ1) is 12.1. The van der Waals surface area contributed by atoms with E-state index in [1.54, 1.807) is 0 Å². The molecule has 1 amide bonds. The Morgan fingerprint density at radius 2 is 2.20 bits per heavy atom. The summed E-state index contributed by atoms with van der Waals surface area (Å²) < 4.78 is 2.02. The van der Waals surface area contributed by atoms with Gasteiger partial charge in [0.1, 0.15) is 0 Å².